The van der Waals surface area contributed by atoms with Gasteiger partial charge >= 0.3 is 0 Å². The van der Waals surface area contributed by atoms with Crippen LogP contribution in [0.15, 0.2) is 71.9 Å². The van der Waals surface area contributed by atoms with E-state index in [9.17, 15) is 9.65 Å². The zero-order valence-corrected chi connectivity index (χ0v) is 19.2. The van der Waals surface area contributed by atoms with Crippen molar-refractivity contribution in [1.29, 1.82) is 5.26 Å². The van der Waals surface area contributed by atoms with E-state index < -0.39 is 0 Å². The van der Waals surface area contributed by atoms with Gasteiger partial charge in [-0.2, -0.15) is 5.26 Å². The molecule has 0 aromatic heterocycles. The van der Waals surface area contributed by atoms with Gasteiger partial charge in [0.25, 0.3) is 0 Å². The lowest BCUT2D eigenvalue weighted by atomic mass is 9.85. The normalized spacial score (nSPS) is 14.8. The molecule has 1 aromatic carbocycles. The van der Waals surface area contributed by atoms with Crippen molar-refractivity contribution < 1.29 is 4.39 Å². The summed E-state index contributed by atoms with van der Waals surface area (Å²) in [5.41, 5.74) is 6.48. The number of nitrogens with zero attached hydrogens (tertiary/aromatic N) is 1. The standard InChI is InChI=1S/C28H35FN2/c1-6-8-9-17-31-22(5)25-11-10-12-27(29)26(25)16-15-24-18-23(19-30)14-13-21(4)28(24)20(3)7-2/h7,10-12,14,18,20,31H,2,5-6,8-9,13,15-17H2,1,3-4H3. The number of unbranched alkanes of at least 4 members (excludes halogenated alkanes) is 2. The Morgan fingerprint density at radius 3 is 2.77 bits per heavy atom. The predicted molar refractivity (Wildman–Crippen MR) is 130 cm³/mol. The molecule has 3 heteroatoms. The highest BCUT2D eigenvalue weighted by Gasteiger charge is 2.19. The Balaban J connectivity index is 2.29. The molecule has 0 heterocycles. The summed E-state index contributed by atoms with van der Waals surface area (Å²) in [6.45, 7) is 15.4. The van der Waals surface area contributed by atoms with Crippen LogP contribution in [0.25, 0.3) is 5.70 Å². The smallest absolute Gasteiger partial charge is 0.127 e. The maximum absolute atomic E-state index is 14.8. The second-order valence-corrected chi connectivity index (χ2v) is 8.24. The molecule has 1 N–H and O–H groups in total. The molecule has 1 unspecified atom stereocenters. The van der Waals surface area contributed by atoms with Crippen LogP contribution in [0.4, 0.5) is 4.39 Å². The molecular formula is C28H35FN2. The fraction of sp³-hybridized carbons (Fsp3) is 0.393. The zero-order valence-electron chi connectivity index (χ0n) is 19.2. The minimum absolute atomic E-state index is 0.174. The van der Waals surface area contributed by atoms with Gasteiger partial charge in [0.1, 0.15) is 5.82 Å². The van der Waals surface area contributed by atoms with Crippen LogP contribution in [0.2, 0.25) is 0 Å². The van der Waals surface area contributed by atoms with E-state index in [4.69, 9.17) is 0 Å². The average molecular weight is 419 g/mol. The van der Waals surface area contributed by atoms with Gasteiger partial charge in [0.2, 0.25) is 0 Å². The maximum atomic E-state index is 14.8. The van der Waals surface area contributed by atoms with Crippen molar-refractivity contribution in [2.45, 2.75) is 59.3 Å². The lowest BCUT2D eigenvalue weighted by molar-refractivity contribution is 0.606. The Hall–Kier alpha value is -2.86. The minimum atomic E-state index is -0.210. The quantitative estimate of drug-likeness (QED) is 0.300. The first-order valence-electron chi connectivity index (χ1n) is 11.3. The molecule has 0 aliphatic heterocycles. The molecule has 0 saturated heterocycles. The lowest BCUT2D eigenvalue weighted by Gasteiger charge is -2.20. The number of benzene rings is 1. The van der Waals surface area contributed by atoms with E-state index in [1.165, 1.54) is 17.2 Å². The first-order valence-corrected chi connectivity index (χ1v) is 11.3. The molecule has 1 atom stereocenters. The number of nitrogens with one attached hydrogen (secondary N) is 1. The molecule has 31 heavy (non-hydrogen) atoms. The molecule has 164 valence electrons. The fourth-order valence-corrected chi connectivity index (χ4v) is 4.12. The number of rotatable bonds is 11. The Kier molecular flexibility index (Phi) is 9.53. The van der Waals surface area contributed by atoms with Crippen molar-refractivity contribution in [2.75, 3.05) is 6.54 Å². The van der Waals surface area contributed by atoms with Crippen LogP contribution < -0.4 is 5.32 Å². The third-order valence-corrected chi connectivity index (χ3v) is 5.91. The maximum Gasteiger partial charge on any atom is 0.127 e. The zero-order chi connectivity index (χ0) is 22.8. The SMILES string of the molecule is C=CC(C)C1=C(C)CC=C(C#N)C=C1CCc1c(F)cccc1C(=C)NCCCCC. The molecule has 1 aliphatic carbocycles. The van der Waals surface area contributed by atoms with Crippen LogP contribution in [-0.4, -0.2) is 6.54 Å². The van der Waals surface area contributed by atoms with Crippen LogP contribution >= 0.6 is 0 Å². The fourth-order valence-electron chi connectivity index (χ4n) is 4.12. The number of hydrogen-bond donors (Lipinski definition) is 1. The molecule has 0 radical (unpaired) electrons. The molecule has 0 saturated carbocycles. The largest absolute Gasteiger partial charge is 0.385 e. The highest BCUT2D eigenvalue weighted by atomic mass is 19.1. The van der Waals surface area contributed by atoms with Gasteiger partial charge in [-0.05, 0) is 67.4 Å². The monoisotopic (exact) mass is 418 g/mol. The van der Waals surface area contributed by atoms with E-state index in [1.54, 1.807) is 6.07 Å². The van der Waals surface area contributed by atoms with Gasteiger partial charge in [-0.1, -0.05) is 63.1 Å². The van der Waals surface area contributed by atoms with Crippen molar-refractivity contribution >= 4 is 5.70 Å². The Morgan fingerprint density at radius 1 is 1.32 bits per heavy atom. The van der Waals surface area contributed by atoms with E-state index >= 15 is 0 Å². The topological polar surface area (TPSA) is 35.8 Å². The van der Waals surface area contributed by atoms with E-state index in [0.29, 0.717) is 24.0 Å². The lowest BCUT2D eigenvalue weighted by Crippen LogP contribution is -2.15. The van der Waals surface area contributed by atoms with Crippen LogP contribution in [0.3, 0.4) is 0 Å². The molecule has 0 spiro atoms. The summed E-state index contributed by atoms with van der Waals surface area (Å²) in [6, 6.07) is 7.47. The summed E-state index contributed by atoms with van der Waals surface area (Å²) < 4.78 is 14.8. The van der Waals surface area contributed by atoms with Gasteiger partial charge in [0, 0.05) is 23.4 Å². The Labute approximate surface area is 187 Å². The highest BCUT2D eigenvalue weighted by molar-refractivity contribution is 5.65. The van der Waals surface area contributed by atoms with Crippen molar-refractivity contribution in [3.05, 3.63) is 88.8 Å². The minimum Gasteiger partial charge on any atom is -0.385 e. The molecule has 1 aromatic rings. The summed E-state index contributed by atoms with van der Waals surface area (Å²) in [6.07, 6.45) is 11.2. The van der Waals surface area contributed by atoms with Crippen LogP contribution in [0, 0.1) is 23.1 Å². The molecule has 1 aliphatic rings. The Bertz CT molecular complexity index is 940. The summed E-state index contributed by atoms with van der Waals surface area (Å²) in [7, 11) is 0. The van der Waals surface area contributed by atoms with E-state index in [0.717, 1.165) is 49.1 Å². The molecule has 0 fully saturated rings. The molecular weight excluding hydrogens is 383 g/mol. The molecule has 2 rings (SSSR count). The summed E-state index contributed by atoms with van der Waals surface area (Å²) in [4.78, 5) is 0. The van der Waals surface area contributed by atoms with Crippen molar-refractivity contribution in [2.24, 2.45) is 5.92 Å². The van der Waals surface area contributed by atoms with Gasteiger partial charge in [-0.15, -0.1) is 6.58 Å². The van der Waals surface area contributed by atoms with Crippen molar-refractivity contribution in [3.8, 4) is 6.07 Å². The summed E-state index contributed by atoms with van der Waals surface area (Å²) >= 11 is 0. The second kappa shape index (κ2) is 12.1. The number of hydrogen-bond acceptors (Lipinski definition) is 2. The third kappa shape index (κ3) is 6.56. The van der Waals surface area contributed by atoms with Crippen LogP contribution in [0.5, 0.6) is 0 Å². The Morgan fingerprint density at radius 2 is 2.10 bits per heavy atom. The number of halogens is 1. The van der Waals surface area contributed by atoms with Gasteiger partial charge in [-0.25, -0.2) is 4.39 Å². The van der Waals surface area contributed by atoms with E-state index in [1.807, 2.05) is 24.3 Å². The summed E-state index contributed by atoms with van der Waals surface area (Å²) in [5.74, 6) is -0.0359. The summed E-state index contributed by atoms with van der Waals surface area (Å²) in [5, 5.41) is 12.8. The first-order chi connectivity index (χ1) is 14.9. The van der Waals surface area contributed by atoms with E-state index in [-0.39, 0.29) is 11.7 Å². The molecule has 0 bridgehead atoms. The van der Waals surface area contributed by atoms with Crippen LogP contribution in [0.1, 0.15) is 64.0 Å². The predicted octanol–water partition coefficient (Wildman–Crippen LogP) is 7.43. The van der Waals surface area contributed by atoms with Gasteiger partial charge in [0.15, 0.2) is 0 Å². The highest BCUT2D eigenvalue weighted by Crippen LogP contribution is 2.33. The second-order valence-electron chi connectivity index (χ2n) is 8.24. The third-order valence-electron chi connectivity index (χ3n) is 5.91. The molecule has 0 amide bonds. The molecule has 2 nitrogen and oxygen atoms in total. The van der Waals surface area contributed by atoms with Gasteiger partial charge in [-0.3, -0.25) is 0 Å². The van der Waals surface area contributed by atoms with Gasteiger partial charge in [0.05, 0.1) is 6.07 Å². The van der Waals surface area contributed by atoms with Crippen LogP contribution in [-0.2, 0) is 6.42 Å². The van der Waals surface area contributed by atoms with Gasteiger partial charge < -0.3 is 5.32 Å². The number of allylic oxidation sites excluding steroid dienone is 7. The average Bonchev–Trinajstić information content (AvgIpc) is 2.93. The van der Waals surface area contributed by atoms with Crippen molar-refractivity contribution in [3.63, 3.8) is 0 Å². The van der Waals surface area contributed by atoms with E-state index in [2.05, 4.69) is 45.3 Å². The van der Waals surface area contributed by atoms with Crippen molar-refractivity contribution in [1.82, 2.24) is 5.32 Å². The first kappa shape index (κ1) is 24.4. The number of nitriles is 1.